The number of carbonyl (C=O) groups is 2. The number of rotatable bonds is 11. The van der Waals surface area contributed by atoms with E-state index in [-0.39, 0.29) is 37.2 Å². The molecule has 36 heavy (non-hydrogen) atoms. The Morgan fingerprint density at radius 2 is 1.72 bits per heavy atom. The second kappa shape index (κ2) is 12.3. The van der Waals surface area contributed by atoms with E-state index < -0.39 is 21.9 Å². The maximum atomic E-state index is 13.4. The van der Waals surface area contributed by atoms with Crippen LogP contribution in [-0.2, 0) is 26.2 Å². The molecule has 1 N–H and O–H groups in total. The SMILES string of the molecule is Cc1ccccc1CN(C(=O)CCCN(c1ccc(F)cc1)S(C)(=O)=O)[C@H](C)C(=O)NC1CCCC1. The summed E-state index contributed by atoms with van der Waals surface area (Å²) in [5, 5.41) is 3.08. The van der Waals surface area contributed by atoms with Gasteiger partial charge in [0.2, 0.25) is 21.8 Å². The van der Waals surface area contributed by atoms with E-state index in [1.165, 1.54) is 28.6 Å². The molecule has 2 aromatic rings. The second-order valence-electron chi connectivity index (χ2n) is 9.53. The molecule has 1 atom stereocenters. The zero-order valence-corrected chi connectivity index (χ0v) is 22.1. The van der Waals surface area contributed by atoms with Crippen molar-refractivity contribution in [1.82, 2.24) is 10.2 Å². The van der Waals surface area contributed by atoms with Crippen molar-refractivity contribution in [3.63, 3.8) is 0 Å². The van der Waals surface area contributed by atoms with Gasteiger partial charge in [0.25, 0.3) is 0 Å². The Kier molecular flexibility index (Phi) is 9.48. The quantitative estimate of drug-likeness (QED) is 0.485. The first-order chi connectivity index (χ1) is 17.1. The summed E-state index contributed by atoms with van der Waals surface area (Å²) >= 11 is 0. The fraction of sp³-hybridized carbons (Fsp3) is 0.481. The zero-order chi connectivity index (χ0) is 26.3. The number of halogens is 1. The van der Waals surface area contributed by atoms with Gasteiger partial charge >= 0.3 is 0 Å². The minimum Gasteiger partial charge on any atom is -0.352 e. The molecule has 9 heteroatoms. The van der Waals surface area contributed by atoms with Crippen molar-refractivity contribution in [1.29, 1.82) is 0 Å². The van der Waals surface area contributed by atoms with Crippen LogP contribution in [0.4, 0.5) is 10.1 Å². The van der Waals surface area contributed by atoms with Gasteiger partial charge in [-0.1, -0.05) is 37.1 Å². The van der Waals surface area contributed by atoms with Crippen LogP contribution < -0.4 is 9.62 Å². The van der Waals surface area contributed by atoms with Gasteiger partial charge in [-0.3, -0.25) is 13.9 Å². The molecule has 196 valence electrons. The van der Waals surface area contributed by atoms with Gasteiger partial charge in [0, 0.05) is 25.6 Å². The van der Waals surface area contributed by atoms with Crippen molar-refractivity contribution in [3.8, 4) is 0 Å². The Morgan fingerprint density at radius 3 is 2.33 bits per heavy atom. The molecule has 0 aliphatic heterocycles. The van der Waals surface area contributed by atoms with Gasteiger partial charge in [0.1, 0.15) is 11.9 Å². The molecule has 3 rings (SSSR count). The van der Waals surface area contributed by atoms with Crippen molar-refractivity contribution in [2.75, 3.05) is 17.1 Å². The average Bonchev–Trinajstić information content (AvgIpc) is 3.34. The predicted molar refractivity (Wildman–Crippen MR) is 139 cm³/mol. The highest BCUT2D eigenvalue weighted by Gasteiger charge is 2.29. The van der Waals surface area contributed by atoms with Crippen LogP contribution in [0, 0.1) is 12.7 Å². The summed E-state index contributed by atoms with van der Waals surface area (Å²) in [7, 11) is -3.62. The molecule has 2 aromatic carbocycles. The largest absolute Gasteiger partial charge is 0.352 e. The molecule has 0 saturated heterocycles. The lowest BCUT2D eigenvalue weighted by atomic mass is 10.1. The molecule has 0 spiro atoms. The fourth-order valence-electron chi connectivity index (χ4n) is 4.56. The Balaban J connectivity index is 1.72. The van der Waals surface area contributed by atoms with Gasteiger partial charge in [0.05, 0.1) is 11.9 Å². The van der Waals surface area contributed by atoms with E-state index in [1.54, 1.807) is 11.8 Å². The number of nitrogens with one attached hydrogen (secondary N) is 1. The standard InChI is InChI=1S/C27H36FN3O4S/c1-20-9-4-5-10-22(20)19-30(21(2)27(33)29-24-11-6-7-12-24)26(32)13-8-18-31(36(3,34)35)25-16-14-23(28)15-17-25/h4-5,9-10,14-17,21,24H,6-8,11-13,18-19H2,1-3H3,(H,29,33)/t21-/m1/s1. The number of amides is 2. The monoisotopic (exact) mass is 517 g/mol. The number of hydrogen-bond donors (Lipinski definition) is 1. The summed E-state index contributed by atoms with van der Waals surface area (Å²) in [6, 6.07) is 12.4. The molecule has 0 bridgehead atoms. The topological polar surface area (TPSA) is 86.8 Å². The van der Waals surface area contributed by atoms with Crippen LogP contribution in [0.25, 0.3) is 0 Å². The lowest BCUT2D eigenvalue weighted by Gasteiger charge is -2.30. The summed E-state index contributed by atoms with van der Waals surface area (Å²) in [4.78, 5) is 28.0. The molecule has 1 saturated carbocycles. The highest BCUT2D eigenvalue weighted by Crippen LogP contribution is 2.21. The van der Waals surface area contributed by atoms with Gasteiger partial charge in [-0.15, -0.1) is 0 Å². The molecule has 0 heterocycles. The van der Waals surface area contributed by atoms with Crippen molar-refractivity contribution in [2.24, 2.45) is 0 Å². The zero-order valence-electron chi connectivity index (χ0n) is 21.2. The average molecular weight is 518 g/mol. The Morgan fingerprint density at radius 1 is 1.08 bits per heavy atom. The van der Waals surface area contributed by atoms with Gasteiger partial charge in [0.15, 0.2) is 0 Å². The number of hydrogen-bond acceptors (Lipinski definition) is 4. The second-order valence-corrected chi connectivity index (χ2v) is 11.4. The molecular weight excluding hydrogens is 481 g/mol. The van der Waals surface area contributed by atoms with Crippen LogP contribution in [0.3, 0.4) is 0 Å². The van der Waals surface area contributed by atoms with E-state index in [0.717, 1.165) is 43.1 Å². The maximum Gasteiger partial charge on any atom is 0.242 e. The Labute approximate surface area is 213 Å². The van der Waals surface area contributed by atoms with Crippen LogP contribution in [0.2, 0.25) is 0 Å². The van der Waals surface area contributed by atoms with Crippen LogP contribution in [0.15, 0.2) is 48.5 Å². The molecule has 1 aliphatic rings. The fourth-order valence-corrected chi connectivity index (χ4v) is 5.52. The smallest absolute Gasteiger partial charge is 0.242 e. The van der Waals surface area contributed by atoms with Gasteiger partial charge in [-0.05, 0) is 68.5 Å². The minimum absolute atomic E-state index is 0.0665. The van der Waals surface area contributed by atoms with Crippen LogP contribution in [0.1, 0.15) is 56.6 Å². The molecule has 0 aromatic heterocycles. The summed E-state index contributed by atoms with van der Waals surface area (Å²) in [6.45, 7) is 4.06. The lowest BCUT2D eigenvalue weighted by molar-refractivity contribution is -0.141. The maximum absolute atomic E-state index is 13.4. The van der Waals surface area contributed by atoms with Crippen molar-refractivity contribution in [3.05, 3.63) is 65.5 Å². The number of nitrogens with zero attached hydrogens (tertiary/aromatic N) is 2. The first-order valence-corrected chi connectivity index (χ1v) is 14.3. The molecule has 2 amide bonds. The van der Waals surface area contributed by atoms with E-state index in [4.69, 9.17) is 0 Å². The number of carbonyl (C=O) groups excluding carboxylic acids is 2. The van der Waals surface area contributed by atoms with Gasteiger partial charge < -0.3 is 10.2 Å². The third-order valence-electron chi connectivity index (χ3n) is 6.74. The predicted octanol–water partition coefficient (Wildman–Crippen LogP) is 4.16. The molecule has 1 aliphatic carbocycles. The number of anilines is 1. The molecular formula is C27H36FN3O4S. The molecule has 0 radical (unpaired) electrons. The van der Waals surface area contributed by atoms with Crippen molar-refractivity contribution >= 4 is 27.5 Å². The van der Waals surface area contributed by atoms with Gasteiger partial charge in [-0.25, -0.2) is 12.8 Å². The Hall–Kier alpha value is -2.94. The van der Waals surface area contributed by atoms with E-state index in [2.05, 4.69) is 5.32 Å². The van der Waals surface area contributed by atoms with E-state index >= 15 is 0 Å². The third-order valence-corrected chi connectivity index (χ3v) is 7.93. The first kappa shape index (κ1) is 27.6. The molecule has 0 unspecified atom stereocenters. The number of sulfonamides is 1. The number of aryl methyl sites for hydroxylation is 1. The molecule has 7 nitrogen and oxygen atoms in total. The van der Waals surface area contributed by atoms with E-state index in [1.807, 2.05) is 31.2 Å². The summed E-state index contributed by atoms with van der Waals surface area (Å²) < 4.78 is 39.2. The van der Waals surface area contributed by atoms with E-state index in [0.29, 0.717) is 12.2 Å². The third kappa shape index (κ3) is 7.53. The van der Waals surface area contributed by atoms with Crippen molar-refractivity contribution < 1.29 is 22.4 Å². The highest BCUT2D eigenvalue weighted by molar-refractivity contribution is 7.92. The van der Waals surface area contributed by atoms with Crippen LogP contribution >= 0.6 is 0 Å². The van der Waals surface area contributed by atoms with Crippen LogP contribution in [0.5, 0.6) is 0 Å². The summed E-state index contributed by atoms with van der Waals surface area (Å²) in [5.74, 6) is -0.855. The van der Waals surface area contributed by atoms with E-state index in [9.17, 15) is 22.4 Å². The lowest BCUT2D eigenvalue weighted by Crippen LogP contribution is -2.49. The Bertz CT molecular complexity index is 1150. The highest BCUT2D eigenvalue weighted by atomic mass is 32.2. The normalized spacial score (nSPS) is 14.9. The molecule has 1 fully saturated rings. The van der Waals surface area contributed by atoms with Gasteiger partial charge in [-0.2, -0.15) is 0 Å². The van der Waals surface area contributed by atoms with Crippen molar-refractivity contribution in [2.45, 2.75) is 71.0 Å². The summed E-state index contributed by atoms with van der Waals surface area (Å²) in [5.41, 5.74) is 2.32. The summed E-state index contributed by atoms with van der Waals surface area (Å²) in [6.07, 6.45) is 5.50. The first-order valence-electron chi connectivity index (χ1n) is 12.4. The number of benzene rings is 2. The minimum atomic E-state index is -3.62. The van der Waals surface area contributed by atoms with Crippen LogP contribution in [-0.4, -0.2) is 50.0 Å².